The summed E-state index contributed by atoms with van der Waals surface area (Å²) in [6, 6.07) is 18.1. The van der Waals surface area contributed by atoms with Crippen LogP contribution in [0, 0.1) is 0 Å². The van der Waals surface area contributed by atoms with Crippen molar-refractivity contribution in [3.05, 3.63) is 83.6 Å². The SMILES string of the molecule is COC(=O)c1ccc(Nc2ccc(C(=O)Nc3ccccc3C(C)C)cn2)cc1. The predicted octanol–water partition coefficient (Wildman–Crippen LogP) is 4.99. The van der Waals surface area contributed by atoms with E-state index in [4.69, 9.17) is 0 Å². The van der Waals surface area contributed by atoms with Gasteiger partial charge < -0.3 is 15.4 Å². The van der Waals surface area contributed by atoms with E-state index in [2.05, 4.69) is 34.2 Å². The summed E-state index contributed by atoms with van der Waals surface area (Å²) in [6.45, 7) is 4.18. The average molecular weight is 389 g/mol. The molecule has 6 nitrogen and oxygen atoms in total. The van der Waals surface area contributed by atoms with E-state index in [1.165, 1.54) is 13.3 Å². The quantitative estimate of drug-likeness (QED) is 0.581. The van der Waals surface area contributed by atoms with Crippen LogP contribution in [0.3, 0.4) is 0 Å². The topological polar surface area (TPSA) is 80.3 Å². The number of methoxy groups -OCH3 is 1. The van der Waals surface area contributed by atoms with Crippen molar-refractivity contribution < 1.29 is 14.3 Å². The lowest BCUT2D eigenvalue weighted by atomic mass is 10.0. The van der Waals surface area contributed by atoms with Crippen LogP contribution in [0.5, 0.6) is 0 Å². The molecule has 2 aromatic carbocycles. The number of nitrogens with one attached hydrogen (secondary N) is 2. The van der Waals surface area contributed by atoms with Gasteiger partial charge in [0.2, 0.25) is 0 Å². The van der Waals surface area contributed by atoms with Gasteiger partial charge in [-0.3, -0.25) is 4.79 Å². The number of pyridine rings is 1. The normalized spacial score (nSPS) is 10.5. The van der Waals surface area contributed by atoms with Gasteiger partial charge in [0.05, 0.1) is 18.2 Å². The number of esters is 1. The second-order valence-corrected chi connectivity index (χ2v) is 6.82. The highest BCUT2D eigenvalue weighted by Crippen LogP contribution is 2.24. The Bertz CT molecular complexity index is 997. The maximum absolute atomic E-state index is 12.6. The molecule has 0 saturated heterocycles. The van der Waals surface area contributed by atoms with Gasteiger partial charge in [0, 0.05) is 17.6 Å². The molecule has 0 bridgehead atoms. The summed E-state index contributed by atoms with van der Waals surface area (Å²) in [5.74, 6) is 0.306. The zero-order chi connectivity index (χ0) is 20.8. The van der Waals surface area contributed by atoms with Crippen molar-refractivity contribution in [2.24, 2.45) is 0 Å². The maximum atomic E-state index is 12.6. The highest BCUT2D eigenvalue weighted by atomic mass is 16.5. The Balaban J connectivity index is 1.67. The minimum atomic E-state index is -0.385. The van der Waals surface area contributed by atoms with Crippen LogP contribution in [0.1, 0.15) is 46.0 Å². The number of hydrogen-bond acceptors (Lipinski definition) is 5. The molecule has 1 amide bonds. The molecule has 1 aromatic heterocycles. The Hall–Kier alpha value is -3.67. The molecular weight excluding hydrogens is 366 g/mol. The van der Waals surface area contributed by atoms with Crippen LogP contribution in [0.2, 0.25) is 0 Å². The standard InChI is InChI=1S/C23H23N3O3/c1-15(2)19-6-4-5-7-20(19)26-22(27)17-10-13-21(24-14-17)25-18-11-8-16(9-12-18)23(28)29-3/h4-15H,1-3H3,(H,24,25)(H,26,27). The van der Waals surface area contributed by atoms with Crippen molar-refractivity contribution in [2.75, 3.05) is 17.7 Å². The lowest BCUT2D eigenvalue weighted by Crippen LogP contribution is -2.14. The van der Waals surface area contributed by atoms with E-state index in [-0.39, 0.29) is 11.9 Å². The van der Waals surface area contributed by atoms with Crippen molar-refractivity contribution in [1.82, 2.24) is 4.98 Å². The van der Waals surface area contributed by atoms with E-state index >= 15 is 0 Å². The molecule has 148 valence electrons. The fourth-order valence-corrected chi connectivity index (χ4v) is 2.87. The highest BCUT2D eigenvalue weighted by Gasteiger charge is 2.11. The van der Waals surface area contributed by atoms with Crippen LogP contribution in [0.25, 0.3) is 0 Å². The number of anilines is 3. The van der Waals surface area contributed by atoms with Crippen LogP contribution < -0.4 is 10.6 Å². The average Bonchev–Trinajstić information content (AvgIpc) is 2.74. The van der Waals surface area contributed by atoms with E-state index in [1.807, 2.05) is 24.3 Å². The smallest absolute Gasteiger partial charge is 0.337 e. The third-order valence-corrected chi connectivity index (χ3v) is 4.44. The summed E-state index contributed by atoms with van der Waals surface area (Å²) in [5, 5.41) is 6.09. The molecule has 29 heavy (non-hydrogen) atoms. The molecule has 2 N–H and O–H groups in total. The molecule has 3 aromatic rings. The number of benzene rings is 2. The second-order valence-electron chi connectivity index (χ2n) is 6.82. The van der Waals surface area contributed by atoms with Crippen LogP contribution in [0.15, 0.2) is 66.9 Å². The van der Waals surface area contributed by atoms with Crippen LogP contribution in [-0.4, -0.2) is 24.0 Å². The molecule has 1 heterocycles. The first-order chi connectivity index (χ1) is 14.0. The predicted molar refractivity (Wildman–Crippen MR) is 114 cm³/mol. The van der Waals surface area contributed by atoms with Gasteiger partial charge >= 0.3 is 5.97 Å². The zero-order valence-electron chi connectivity index (χ0n) is 16.6. The van der Waals surface area contributed by atoms with E-state index < -0.39 is 0 Å². The van der Waals surface area contributed by atoms with E-state index in [9.17, 15) is 9.59 Å². The number of nitrogens with zero attached hydrogens (tertiary/aromatic N) is 1. The minimum Gasteiger partial charge on any atom is -0.465 e. The molecule has 0 aliphatic heterocycles. The minimum absolute atomic E-state index is 0.209. The van der Waals surface area contributed by atoms with Gasteiger partial charge in [-0.05, 0) is 53.9 Å². The molecule has 0 aliphatic rings. The number of amides is 1. The molecule has 0 spiro atoms. The van der Waals surface area contributed by atoms with E-state index in [0.29, 0.717) is 22.9 Å². The monoisotopic (exact) mass is 389 g/mol. The molecule has 6 heteroatoms. The molecule has 0 unspecified atom stereocenters. The highest BCUT2D eigenvalue weighted by molar-refractivity contribution is 6.04. The van der Waals surface area contributed by atoms with Crippen molar-refractivity contribution in [1.29, 1.82) is 0 Å². The summed E-state index contributed by atoms with van der Waals surface area (Å²) in [6.07, 6.45) is 1.53. The number of para-hydroxylation sites is 1. The first kappa shape index (κ1) is 20.1. The molecule has 0 atom stereocenters. The fourth-order valence-electron chi connectivity index (χ4n) is 2.87. The van der Waals surface area contributed by atoms with Crippen LogP contribution >= 0.6 is 0 Å². The van der Waals surface area contributed by atoms with Gasteiger partial charge in [0.15, 0.2) is 0 Å². The van der Waals surface area contributed by atoms with Gasteiger partial charge in [0.1, 0.15) is 5.82 Å². The first-order valence-corrected chi connectivity index (χ1v) is 9.29. The maximum Gasteiger partial charge on any atom is 0.337 e. The molecule has 0 aliphatic carbocycles. The van der Waals surface area contributed by atoms with Gasteiger partial charge in [0.25, 0.3) is 5.91 Å². The second kappa shape index (κ2) is 9.01. The largest absolute Gasteiger partial charge is 0.465 e. The third-order valence-electron chi connectivity index (χ3n) is 4.44. The fraction of sp³-hybridized carbons (Fsp3) is 0.174. The van der Waals surface area contributed by atoms with Gasteiger partial charge in [-0.25, -0.2) is 9.78 Å². The number of ether oxygens (including phenoxy) is 1. The molecule has 0 fully saturated rings. The number of carbonyl (C=O) groups excluding carboxylic acids is 2. The lowest BCUT2D eigenvalue weighted by molar-refractivity contribution is 0.0600. The third kappa shape index (κ3) is 4.99. The Morgan fingerprint density at radius 3 is 2.24 bits per heavy atom. The van der Waals surface area contributed by atoms with E-state index in [1.54, 1.807) is 36.4 Å². The summed E-state index contributed by atoms with van der Waals surface area (Å²) < 4.78 is 4.68. The van der Waals surface area contributed by atoms with Crippen molar-refractivity contribution >= 4 is 29.1 Å². The Kier molecular flexibility index (Phi) is 6.24. The zero-order valence-corrected chi connectivity index (χ0v) is 16.6. The number of hydrogen-bond donors (Lipinski definition) is 2. The first-order valence-electron chi connectivity index (χ1n) is 9.29. The van der Waals surface area contributed by atoms with Crippen molar-refractivity contribution in [3.8, 4) is 0 Å². The lowest BCUT2D eigenvalue weighted by Gasteiger charge is -2.13. The van der Waals surface area contributed by atoms with Crippen LogP contribution in [0.4, 0.5) is 17.2 Å². The summed E-state index contributed by atoms with van der Waals surface area (Å²) in [4.78, 5) is 28.4. The van der Waals surface area contributed by atoms with Crippen molar-refractivity contribution in [2.45, 2.75) is 19.8 Å². The molecule has 0 radical (unpaired) electrons. The van der Waals surface area contributed by atoms with Crippen molar-refractivity contribution in [3.63, 3.8) is 0 Å². The summed E-state index contributed by atoms with van der Waals surface area (Å²) >= 11 is 0. The Morgan fingerprint density at radius 1 is 0.931 bits per heavy atom. The van der Waals surface area contributed by atoms with Gasteiger partial charge in [-0.2, -0.15) is 0 Å². The molecule has 0 saturated carbocycles. The number of carbonyl (C=O) groups is 2. The Morgan fingerprint density at radius 2 is 1.62 bits per heavy atom. The van der Waals surface area contributed by atoms with Gasteiger partial charge in [-0.1, -0.05) is 32.0 Å². The number of rotatable bonds is 6. The molecular formula is C23H23N3O3. The van der Waals surface area contributed by atoms with Crippen LogP contribution in [-0.2, 0) is 4.74 Å². The summed E-state index contributed by atoms with van der Waals surface area (Å²) in [7, 11) is 1.34. The molecule has 3 rings (SSSR count). The Labute approximate surface area is 169 Å². The van der Waals surface area contributed by atoms with Gasteiger partial charge in [-0.15, -0.1) is 0 Å². The van der Waals surface area contributed by atoms with E-state index in [0.717, 1.165) is 16.9 Å². The number of aromatic nitrogens is 1. The summed E-state index contributed by atoms with van der Waals surface area (Å²) in [5.41, 5.74) is 3.60.